The molecule has 5 nitrogen and oxygen atoms in total. The van der Waals surface area contributed by atoms with Crippen LogP contribution in [0.3, 0.4) is 0 Å². The Morgan fingerprint density at radius 2 is 1.92 bits per heavy atom. The van der Waals surface area contributed by atoms with Crippen molar-refractivity contribution in [1.29, 1.82) is 0 Å². The van der Waals surface area contributed by atoms with Gasteiger partial charge in [0.1, 0.15) is 5.75 Å². The number of guanidine groups is 1. The highest BCUT2D eigenvalue weighted by molar-refractivity contribution is 14.0. The van der Waals surface area contributed by atoms with Crippen LogP contribution >= 0.6 is 24.0 Å². The molecule has 2 N–H and O–H groups in total. The van der Waals surface area contributed by atoms with Crippen molar-refractivity contribution in [2.75, 3.05) is 34.8 Å². The van der Waals surface area contributed by atoms with Gasteiger partial charge >= 0.3 is 0 Å². The van der Waals surface area contributed by atoms with E-state index in [1.165, 1.54) is 5.56 Å². The molecule has 1 rings (SSSR count). The summed E-state index contributed by atoms with van der Waals surface area (Å²) in [6.07, 6.45) is 1.16. The van der Waals surface area contributed by atoms with E-state index in [9.17, 15) is 0 Å². The number of aryl methyl sites for hydroxylation is 1. The maximum absolute atomic E-state index is 5.46. The van der Waals surface area contributed by atoms with E-state index in [0.29, 0.717) is 18.5 Å². The number of nitrogens with one attached hydrogen (secondary N) is 2. The van der Waals surface area contributed by atoms with Crippen LogP contribution in [0.4, 0.5) is 0 Å². The lowest BCUT2D eigenvalue weighted by atomic mass is 10.0. The Bertz CT molecular complexity index is 532. The van der Waals surface area contributed by atoms with Gasteiger partial charge in [0.25, 0.3) is 0 Å². The number of rotatable bonds is 8. The van der Waals surface area contributed by atoms with Crippen molar-refractivity contribution < 1.29 is 4.74 Å². The van der Waals surface area contributed by atoms with Crippen LogP contribution in [0.1, 0.15) is 31.4 Å². The van der Waals surface area contributed by atoms with Crippen molar-refractivity contribution in [2.45, 2.75) is 39.8 Å². The predicted octanol–water partition coefficient (Wildman–Crippen LogP) is 3.26. The quantitative estimate of drug-likeness (QED) is 0.354. The van der Waals surface area contributed by atoms with Crippen LogP contribution in [-0.2, 0) is 6.54 Å². The number of ether oxygens (including phenoxy) is 1. The molecule has 0 saturated carbocycles. The van der Waals surface area contributed by atoms with Gasteiger partial charge in [-0.2, -0.15) is 0 Å². The van der Waals surface area contributed by atoms with Crippen molar-refractivity contribution in [1.82, 2.24) is 15.5 Å². The molecule has 0 heterocycles. The molecule has 1 unspecified atom stereocenters. The second-order valence-corrected chi connectivity index (χ2v) is 6.87. The van der Waals surface area contributed by atoms with Crippen LogP contribution in [0.25, 0.3) is 0 Å². The molecule has 0 aromatic heterocycles. The number of likely N-dealkylation sites (N-methyl/N-ethyl adjacent to an activating group) is 1. The summed E-state index contributed by atoms with van der Waals surface area (Å²) in [7, 11) is 7.76. The third-order valence-electron chi connectivity index (χ3n) is 4.09. The van der Waals surface area contributed by atoms with Crippen molar-refractivity contribution in [3.63, 3.8) is 0 Å². The largest absolute Gasteiger partial charge is 0.496 e. The molecule has 0 aliphatic rings. The minimum atomic E-state index is 0. The SMILES string of the molecule is CN=C(NCc1ccc(C)cc1OC)NCC(CC(C)C)N(C)C.I. The molecule has 1 aromatic rings. The Labute approximate surface area is 170 Å². The Balaban J connectivity index is 0.00000576. The Kier molecular flexibility index (Phi) is 11.8. The summed E-state index contributed by atoms with van der Waals surface area (Å²) in [5.74, 6) is 2.39. The van der Waals surface area contributed by atoms with Crippen LogP contribution in [0.15, 0.2) is 23.2 Å². The molecule has 0 amide bonds. The normalized spacial score (nSPS) is 12.8. The number of hydrogen-bond donors (Lipinski definition) is 2. The molecular formula is C19H35IN4O. The smallest absolute Gasteiger partial charge is 0.191 e. The monoisotopic (exact) mass is 462 g/mol. The van der Waals surface area contributed by atoms with E-state index in [4.69, 9.17) is 4.74 Å². The number of aliphatic imine (C=N–C) groups is 1. The molecule has 0 saturated heterocycles. The van der Waals surface area contributed by atoms with Crippen LogP contribution in [0, 0.1) is 12.8 Å². The highest BCUT2D eigenvalue weighted by Crippen LogP contribution is 2.19. The number of methoxy groups -OCH3 is 1. The lowest BCUT2D eigenvalue weighted by Gasteiger charge is -2.27. The molecule has 0 spiro atoms. The topological polar surface area (TPSA) is 48.9 Å². The first-order chi connectivity index (χ1) is 11.4. The fourth-order valence-corrected chi connectivity index (χ4v) is 2.63. The molecule has 0 bridgehead atoms. The van der Waals surface area contributed by atoms with Gasteiger partial charge in [0.15, 0.2) is 5.96 Å². The van der Waals surface area contributed by atoms with Gasteiger partial charge in [-0.25, -0.2) is 0 Å². The molecule has 144 valence electrons. The van der Waals surface area contributed by atoms with E-state index in [-0.39, 0.29) is 24.0 Å². The van der Waals surface area contributed by atoms with E-state index in [2.05, 4.69) is 73.6 Å². The summed E-state index contributed by atoms with van der Waals surface area (Å²) in [5.41, 5.74) is 2.32. The van der Waals surface area contributed by atoms with Gasteiger partial charge in [0.2, 0.25) is 0 Å². The van der Waals surface area contributed by atoms with Crippen LogP contribution in [-0.4, -0.2) is 51.7 Å². The first kappa shape index (κ1) is 24.0. The van der Waals surface area contributed by atoms with Gasteiger partial charge in [-0.3, -0.25) is 4.99 Å². The summed E-state index contributed by atoms with van der Waals surface area (Å²) in [4.78, 5) is 6.59. The maximum Gasteiger partial charge on any atom is 0.191 e. The maximum atomic E-state index is 5.46. The number of benzene rings is 1. The zero-order valence-corrected chi connectivity index (χ0v) is 19.0. The summed E-state index contributed by atoms with van der Waals surface area (Å²) in [6.45, 7) is 8.13. The number of hydrogen-bond acceptors (Lipinski definition) is 3. The summed E-state index contributed by atoms with van der Waals surface area (Å²) < 4.78 is 5.46. The van der Waals surface area contributed by atoms with Crippen molar-refractivity contribution in [3.8, 4) is 5.75 Å². The van der Waals surface area contributed by atoms with Crippen molar-refractivity contribution in [3.05, 3.63) is 29.3 Å². The molecule has 6 heteroatoms. The molecule has 0 aliphatic heterocycles. The van der Waals surface area contributed by atoms with Gasteiger partial charge in [-0.15, -0.1) is 24.0 Å². The molecule has 1 atom stereocenters. The lowest BCUT2D eigenvalue weighted by Crippen LogP contribution is -2.45. The zero-order chi connectivity index (χ0) is 18.1. The highest BCUT2D eigenvalue weighted by Gasteiger charge is 2.14. The summed E-state index contributed by atoms with van der Waals surface area (Å²) in [6, 6.07) is 6.73. The molecular weight excluding hydrogens is 427 g/mol. The molecule has 1 aromatic carbocycles. The second kappa shape index (κ2) is 12.4. The van der Waals surface area contributed by atoms with E-state index in [0.717, 1.165) is 30.2 Å². The fourth-order valence-electron chi connectivity index (χ4n) is 2.63. The van der Waals surface area contributed by atoms with Crippen LogP contribution < -0.4 is 15.4 Å². The third kappa shape index (κ3) is 8.76. The van der Waals surface area contributed by atoms with Gasteiger partial charge in [-0.05, 0) is 45.0 Å². The third-order valence-corrected chi connectivity index (χ3v) is 4.09. The predicted molar refractivity (Wildman–Crippen MR) is 118 cm³/mol. The summed E-state index contributed by atoms with van der Waals surface area (Å²) in [5, 5.41) is 6.80. The molecule has 0 radical (unpaired) electrons. The Morgan fingerprint density at radius 1 is 1.24 bits per heavy atom. The standard InChI is InChI=1S/C19H34N4O.HI/c1-14(2)10-17(23(5)6)13-22-19(20-4)21-12-16-9-8-15(3)11-18(16)24-7;/h8-9,11,14,17H,10,12-13H2,1-7H3,(H2,20,21,22);1H. The van der Waals surface area contributed by atoms with Crippen LogP contribution in [0.5, 0.6) is 5.75 Å². The van der Waals surface area contributed by atoms with E-state index < -0.39 is 0 Å². The average Bonchev–Trinajstić information content (AvgIpc) is 2.54. The average molecular weight is 462 g/mol. The van der Waals surface area contributed by atoms with Crippen molar-refractivity contribution in [2.24, 2.45) is 10.9 Å². The molecule has 0 aliphatic carbocycles. The summed E-state index contributed by atoms with van der Waals surface area (Å²) >= 11 is 0. The van der Waals surface area contributed by atoms with Gasteiger partial charge in [0.05, 0.1) is 7.11 Å². The number of nitrogens with zero attached hydrogens (tertiary/aromatic N) is 2. The van der Waals surface area contributed by atoms with Crippen molar-refractivity contribution >= 4 is 29.9 Å². The minimum Gasteiger partial charge on any atom is -0.496 e. The number of halogens is 1. The van der Waals surface area contributed by atoms with E-state index in [1.807, 2.05) is 0 Å². The second-order valence-electron chi connectivity index (χ2n) is 6.87. The van der Waals surface area contributed by atoms with E-state index >= 15 is 0 Å². The first-order valence-electron chi connectivity index (χ1n) is 8.61. The molecule has 25 heavy (non-hydrogen) atoms. The van der Waals surface area contributed by atoms with Crippen LogP contribution in [0.2, 0.25) is 0 Å². The van der Waals surface area contributed by atoms with E-state index in [1.54, 1.807) is 14.2 Å². The minimum absolute atomic E-state index is 0. The van der Waals surface area contributed by atoms with Gasteiger partial charge < -0.3 is 20.3 Å². The van der Waals surface area contributed by atoms with Gasteiger partial charge in [-0.1, -0.05) is 26.0 Å². The van der Waals surface area contributed by atoms with Gasteiger partial charge in [0, 0.05) is 31.7 Å². The first-order valence-corrected chi connectivity index (χ1v) is 8.61. The highest BCUT2D eigenvalue weighted by atomic mass is 127. The zero-order valence-electron chi connectivity index (χ0n) is 16.7. The Hall–Kier alpha value is -1.02. The lowest BCUT2D eigenvalue weighted by molar-refractivity contribution is 0.254. The fraction of sp³-hybridized carbons (Fsp3) is 0.632. The Morgan fingerprint density at radius 3 is 2.44 bits per heavy atom. The molecule has 0 fully saturated rings.